The first-order chi connectivity index (χ1) is 8.04. The molecule has 1 aromatic carbocycles. The monoisotopic (exact) mass is 275 g/mol. The summed E-state index contributed by atoms with van der Waals surface area (Å²) in [5.41, 5.74) is 1.04. The van der Waals surface area contributed by atoms with E-state index in [4.69, 9.17) is 23.2 Å². The SMILES string of the molecule is CN(Cc1ccc(F)c(Cl)c1)CC1CC(Cl)C1. The van der Waals surface area contributed by atoms with Gasteiger partial charge in [-0.25, -0.2) is 4.39 Å². The van der Waals surface area contributed by atoms with E-state index in [2.05, 4.69) is 11.9 Å². The third kappa shape index (κ3) is 3.57. The number of halogens is 3. The van der Waals surface area contributed by atoms with Crippen LogP contribution in [-0.2, 0) is 6.54 Å². The molecular weight excluding hydrogens is 260 g/mol. The smallest absolute Gasteiger partial charge is 0.141 e. The molecule has 1 fully saturated rings. The number of rotatable bonds is 4. The molecule has 0 spiro atoms. The second-order valence-corrected chi connectivity index (χ2v) is 5.90. The molecule has 1 aliphatic rings. The summed E-state index contributed by atoms with van der Waals surface area (Å²) in [6.07, 6.45) is 2.21. The zero-order valence-electron chi connectivity index (χ0n) is 9.80. The van der Waals surface area contributed by atoms with Gasteiger partial charge in [-0.3, -0.25) is 0 Å². The summed E-state index contributed by atoms with van der Waals surface area (Å²) in [6, 6.07) is 4.89. The van der Waals surface area contributed by atoms with Gasteiger partial charge < -0.3 is 4.90 Å². The zero-order chi connectivity index (χ0) is 12.4. The van der Waals surface area contributed by atoms with E-state index in [0.29, 0.717) is 11.3 Å². The van der Waals surface area contributed by atoms with Crippen LogP contribution in [0.3, 0.4) is 0 Å². The molecular formula is C13H16Cl2FN. The van der Waals surface area contributed by atoms with E-state index in [9.17, 15) is 4.39 Å². The summed E-state index contributed by atoms with van der Waals surface area (Å²) in [5.74, 6) is 0.348. The van der Waals surface area contributed by atoms with E-state index >= 15 is 0 Å². The Morgan fingerprint density at radius 1 is 1.41 bits per heavy atom. The summed E-state index contributed by atoms with van der Waals surface area (Å²) in [7, 11) is 2.07. The third-order valence-electron chi connectivity index (χ3n) is 3.18. The molecule has 2 rings (SSSR count). The molecule has 94 valence electrons. The van der Waals surface area contributed by atoms with Crippen LogP contribution in [0.2, 0.25) is 5.02 Å². The van der Waals surface area contributed by atoms with Crippen LogP contribution < -0.4 is 0 Å². The average Bonchev–Trinajstić information content (AvgIpc) is 2.21. The maximum atomic E-state index is 13.0. The molecule has 0 heterocycles. The van der Waals surface area contributed by atoms with Gasteiger partial charge in [0.1, 0.15) is 5.82 Å². The Morgan fingerprint density at radius 2 is 2.12 bits per heavy atom. The third-order valence-corrected chi connectivity index (χ3v) is 3.83. The van der Waals surface area contributed by atoms with E-state index in [0.717, 1.165) is 31.5 Å². The maximum absolute atomic E-state index is 13.0. The number of hydrogen-bond donors (Lipinski definition) is 0. The van der Waals surface area contributed by atoms with Crippen LogP contribution in [-0.4, -0.2) is 23.9 Å². The summed E-state index contributed by atoms with van der Waals surface area (Å²) in [4.78, 5) is 2.23. The fourth-order valence-electron chi connectivity index (χ4n) is 2.26. The topological polar surface area (TPSA) is 3.24 Å². The highest BCUT2D eigenvalue weighted by Gasteiger charge is 2.27. The molecule has 1 aliphatic carbocycles. The molecule has 1 saturated carbocycles. The largest absolute Gasteiger partial charge is 0.302 e. The normalized spacial score (nSPS) is 23.8. The number of nitrogens with zero attached hydrogens (tertiary/aromatic N) is 1. The molecule has 0 aliphatic heterocycles. The lowest BCUT2D eigenvalue weighted by Crippen LogP contribution is -2.34. The lowest BCUT2D eigenvalue weighted by molar-refractivity contribution is 0.204. The molecule has 0 amide bonds. The summed E-state index contributed by atoms with van der Waals surface area (Å²) >= 11 is 11.7. The van der Waals surface area contributed by atoms with Gasteiger partial charge in [0.25, 0.3) is 0 Å². The van der Waals surface area contributed by atoms with Crippen molar-refractivity contribution in [3.8, 4) is 0 Å². The Balaban J connectivity index is 1.85. The van der Waals surface area contributed by atoms with E-state index in [-0.39, 0.29) is 10.8 Å². The van der Waals surface area contributed by atoms with E-state index in [1.807, 2.05) is 0 Å². The van der Waals surface area contributed by atoms with Crippen LogP contribution in [0.4, 0.5) is 4.39 Å². The van der Waals surface area contributed by atoms with Gasteiger partial charge in [0.2, 0.25) is 0 Å². The Kier molecular flexibility index (Phi) is 4.29. The molecule has 0 unspecified atom stereocenters. The van der Waals surface area contributed by atoms with Crippen LogP contribution in [0.5, 0.6) is 0 Å². The minimum absolute atomic E-state index is 0.195. The summed E-state index contributed by atoms with van der Waals surface area (Å²) in [5, 5.41) is 0.564. The van der Waals surface area contributed by atoms with Gasteiger partial charge in [0, 0.05) is 18.5 Å². The summed E-state index contributed by atoms with van der Waals surface area (Å²) < 4.78 is 13.0. The quantitative estimate of drug-likeness (QED) is 0.753. The number of alkyl halides is 1. The van der Waals surface area contributed by atoms with Crippen molar-refractivity contribution in [1.29, 1.82) is 0 Å². The molecule has 4 heteroatoms. The van der Waals surface area contributed by atoms with Gasteiger partial charge >= 0.3 is 0 Å². The van der Waals surface area contributed by atoms with Crippen molar-refractivity contribution in [2.24, 2.45) is 5.92 Å². The first-order valence-electron chi connectivity index (χ1n) is 5.81. The minimum Gasteiger partial charge on any atom is -0.302 e. The highest BCUT2D eigenvalue weighted by molar-refractivity contribution is 6.30. The second-order valence-electron chi connectivity index (χ2n) is 4.88. The van der Waals surface area contributed by atoms with Crippen molar-refractivity contribution >= 4 is 23.2 Å². The Morgan fingerprint density at radius 3 is 2.71 bits per heavy atom. The second kappa shape index (κ2) is 5.55. The molecule has 0 aromatic heterocycles. The highest BCUT2D eigenvalue weighted by Crippen LogP contribution is 2.32. The lowest BCUT2D eigenvalue weighted by Gasteiger charge is -2.34. The molecule has 1 aromatic rings. The Bertz CT molecular complexity index is 391. The number of hydrogen-bond acceptors (Lipinski definition) is 1. The van der Waals surface area contributed by atoms with Crippen LogP contribution in [0.25, 0.3) is 0 Å². The van der Waals surface area contributed by atoms with E-state index in [1.165, 1.54) is 6.07 Å². The van der Waals surface area contributed by atoms with Gasteiger partial charge in [0.05, 0.1) is 5.02 Å². The molecule has 1 nitrogen and oxygen atoms in total. The van der Waals surface area contributed by atoms with Gasteiger partial charge in [-0.2, -0.15) is 0 Å². The Labute approximate surface area is 112 Å². The van der Waals surface area contributed by atoms with Crippen molar-refractivity contribution < 1.29 is 4.39 Å². The van der Waals surface area contributed by atoms with E-state index < -0.39 is 0 Å². The summed E-state index contributed by atoms with van der Waals surface area (Å²) in [6.45, 7) is 1.83. The first kappa shape index (κ1) is 13.1. The van der Waals surface area contributed by atoms with Crippen molar-refractivity contribution in [2.45, 2.75) is 24.8 Å². The molecule has 0 saturated heterocycles. The van der Waals surface area contributed by atoms with Crippen LogP contribution >= 0.6 is 23.2 Å². The standard InChI is InChI=1S/C13H16Cl2FN/c1-17(8-10-4-11(14)5-10)7-9-2-3-13(16)12(15)6-9/h2-3,6,10-11H,4-5,7-8H2,1H3. The van der Waals surface area contributed by atoms with Crippen molar-refractivity contribution in [3.05, 3.63) is 34.6 Å². The fourth-order valence-corrected chi connectivity index (χ4v) is 2.97. The van der Waals surface area contributed by atoms with Crippen molar-refractivity contribution in [3.63, 3.8) is 0 Å². The minimum atomic E-state index is -0.359. The van der Waals surface area contributed by atoms with E-state index in [1.54, 1.807) is 12.1 Å². The predicted molar refractivity (Wildman–Crippen MR) is 70.1 cm³/mol. The van der Waals surface area contributed by atoms with Gasteiger partial charge in [-0.05, 0) is 43.5 Å². The average molecular weight is 276 g/mol. The molecule has 17 heavy (non-hydrogen) atoms. The lowest BCUT2D eigenvalue weighted by atomic mass is 9.84. The van der Waals surface area contributed by atoms with Gasteiger partial charge in [-0.15, -0.1) is 11.6 Å². The van der Waals surface area contributed by atoms with Crippen molar-refractivity contribution in [2.75, 3.05) is 13.6 Å². The molecule has 0 bridgehead atoms. The molecule has 0 atom stereocenters. The number of benzene rings is 1. The Hall–Kier alpha value is -0.310. The fraction of sp³-hybridized carbons (Fsp3) is 0.538. The van der Waals surface area contributed by atoms with Gasteiger partial charge in [-0.1, -0.05) is 17.7 Å². The molecule has 0 N–H and O–H groups in total. The zero-order valence-corrected chi connectivity index (χ0v) is 11.3. The molecule has 0 radical (unpaired) electrons. The predicted octanol–water partition coefficient (Wildman–Crippen LogP) is 3.93. The highest BCUT2D eigenvalue weighted by atomic mass is 35.5. The van der Waals surface area contributed by atoms with Crippen molar-refractivity contribution in [1.82, 2.24) is 4.90 Å². The first-order valence-corrected chi connectivity index (χ1v) is 6.62. The van der Waals surface area contributed by atoms with Crippen LogP contribution in [0, 0.1) is 11.7 Å². The van der Waals surface area contributed by atoms with Crippen LogP contribution in [0.15, 0.2) is 18.2 Å². The van der Waals surface area contributed by atoms with Gasteiger partial charge in [0.15, 0.2) is 0 Å². The van der Waals surface area contributed by atoms with Crippen LogP contribution in [0.1, 0.15) is 18.4 Å². The maximum Gasteiger partial charge on any atom is 0.141 e.